The van der Waals surface area contributed by atoms with E-state index >= 15 is 0 Å². The number of nitrogens with zero attached hydrogens (tertiary/aromatic N) is 1. The highest BCUT2D eigenvalue weighted by molar-refractivity contribution is 5.51. The van der Waals surface area contributed by atoms with E-state index in [4.69, 9.17) is 4.74 Å². The summed E-state index contributed by atoms with van der Waals surface area (Å²) in [6, 6.07) is 4.52. The van der Waals surface area contributed by atoms with Crippen LogP contribution in [-0.2, 0) is 0 Å². The third-order valence-corrected chi connectivity index (χ3v) is 3.14. The molecule has 0 aromatic carbocycles. The summed E-state index contributed by atoms with van der Waals surface area (Å²) in [5.74, 6) is 2.63. The molecule has 1 heterocycles. The highest BCUT2D eigenvalue weighted by Gasteiger charge is 2.36. The van der Waals surface area contributed by atoms with Gasteiger partial charge in [0.15, 0.2) is 11.6 Å². The Hall–Kier alpha value is -1.25. The van der Waals surface area contributed by atoms with Crippen LogP contribution in [0.15, 0.2) is 18.3 Å². The van der Waals surface area contributed by atoms with Gasteiger partial charge in [0.2, 0.25) is 0 Å². The van der Waals surface area contributed by atoms with Crippen molar-refractivity contribution < 1.29 is 4.74 Å². The number of anilines is 1. The van der Waals surface area contributed by atoms with Crippen LogP contribution >= 0.6 is 0 Å². The summed E-state index contributed by atoms with van der Waals surface area (Å²) < 4.78 is 5.69. The summed E-state index contributed by atoms with van der Waals surface area (Å²) >= 11 is 0. The SMILES string of the molecule is CCCOc1cccnc1NC1CC1CCC. The summed E-state index contributed by atoms with van der Waals surface area (Å²) in [4.78, 5) is 4.37. The van der Waals surface area contributed by atoms with E-state index in [1.54, 1.807) is 0 Å². The van der Waals surface area contributed by atoms with Gasteiger partial charge in [0.1, 0.15) is 0 Å². The molecule has 2 unspecified atom stereocenters. The molecule has 0 bridgehead atoms. The Morgan fingerprint density at radius 3 is 3.06 bits per heavy atom. The van der Waals surface area contributed by atoms with Gasteiger partial charge in [-0.05, 0) is 37.3 Å². The summed E-state index contributed by atoms with van der Waals surface area (Å²) in [5, 5.41) is 3.49. The molecule has 0 amide bonds. The minimum Gasteiger partial charge on any atom is -0.490 e. The van der Waals surface area contributed by atoms with Gasteiger partial charge in [-0.2, -0.15) is 0 Å². The maximum absolute atomic E-state index is 5.69. The molecule has 94 valence electrons. The second kappa shape index (κ2) is 5.89. The van der Waals surface area contributed by atoms with Gasteiger partial charge >= 0.3 is 0 Å². The highest BCUT2D eigenvalue weighted by Crippen LogP contribution is 2.38. The summed E-state index contributed by atoms with van der Waals surface area (Å²) in [7, 11) is 0. The monoisotopic (exact) mass is 234 g/mol. The Bertz CT molecular complexity index is 354. The number of hydrogen-bond donors (Lipinski definition) is 1. The minimum atomic E-state index is 0.605. The molecule has 3 nitrogen and oxygen atoms in total. The maximum atomic E-state index is 5.69. The Labute approximate surface area is 104 Å². The van der Waals surface area contributed by atoms with Crippen LogP contribution in [0.5, 0.6) is 5.75 Å². The van der Waals surface area contributed by atoms with Crippen molar-refractivity contribution in [2.75, 3.05) is 11.9 Å². The average Bonchev–Trinajstić information content (AvgIpc) is 3.07. The van der Waals surface area contributed by atoms with Crippen LogP contribution < -0.4 is 10.1 Å². The van der Waals surface area contributed by atoms with E-state index in [9.17, 15) is 0 Å². The Kier molecular flexibility index (Phi) is 4.24. The Morgan fingerprint density at radius 2 is 2.29 bits per heavy atom. The minimum absolute atomic E-state index is 0.605. The fourth-order valence-electron chi connectivity index (χ4n) is 2.12. The number of rotatable bonds is 7. The molecule has 0 spiro atoms. The van der Waals surface area contributed by atoms with E-state index < -0.39 is 0 Å². The molecule has 3 heteroatoms. The van der Waals surface area contributed by atoms with Crippen molar-refractivity contribution in [2.45, 2.75) is 45.6 Å². The van der Waals surface area contributed by atoms with Gasteiger partial charge in [0.25, 0.3) is 0 Å². The first-order valence-electron chi connectivity index (χ1n) is 6.69. The number of pyridine rings is 1. The molecular formula is C14H22N2O. The summed E-state index contributed by atoms with van der Waals surface area (Å²) in [6.45, 7) is 5.11. The molecule has 17 heavy (non-hydrogen) atoms. The Balaban J connectivity index is 1.91. The van der Waals surface area contributed by atoms with Gasteiger partial charge in [0.05, 0.1) is 6.61 Å². The van der Waals surface area contributed by atoms with Crippen molar-refractivity contribution in [2.24, 2.45) is 5.92 Å². The molecule has 1 aromatic heterocycles. The first-order valence-corrected chi connectivity index (χ1v) is 6.69. The van der Waals surface area contributed by atoms with Gasteiger partial charge in [-0.25, -0.2) is 4.98 Å². The Morgan fingerprint density at radius 1 is 1.41 bits per heavy atom. The lowest BCUT2D eigenvalue weighted by Crippen LogP contribution is -2.08. The lowest BCUT2D eigenvalue weighted by molar-refractivity contribution is 0.317. The molecule has 1 aliphatic carbocycles. The molecule has 2 rings (SSSR count). The van der Waals surface area contributed by atoms with Crippen molar-refractivity contribution in [3.63, 3.8) is 0 Å². The van der Waals surface area contributed by atoms with Crippen molar-refractivity contribution in [1.29, 1.82) is 0 Å². The average molecular weight is 234 g/mol. The molecule has 1 fully saturated rings. The third-order valence-electron chi connectivity index (χ3n) is 3.14. The lowest BCUT2D eigenvalue weighted by Gasteiger charge is -2.11. The number of nitrogens with one attached hydrogen (secondary N) is 1. The van der Waals surface area contributed by atoms with Crippen molar-refractivity contribution in [3.05, 3.63) is 18.3 Å². The predicted octanol–water partition coefficient (Wildman–Crippen LogP) is 3.47. The van der Waals surface area contributed by atoms with Crippen molar-refractivity contribution in [1.82, 2.24) is 4.98 Å². The largest absolute Gasteiger partial charge is 0.490 e. The van der Waals surface area contributed by atoms with Crippen molar-refractivity contribution in [3.8, 4) is 5.75 Å². The van der Waals surface area contributed by atoms with E-state index in [0.717, 1.165) is 30.5 Å². The molecule has 1 aromatic rings. The zero-order valence-electron chi connectivity index (χ0n) is 10.8. The van der Waals surface area contributed by atoms with Crippen LogP contribution in [0.3, 0.4) is 0 Å². The zero-order valence-corrected chi connectivity index (χ0v) is 10.8. The molecule has 1 saturated carbocycles. The van der Waals surface area contributed by atoms with Gasteiger partial charge in [-0.3, -0.25) is 0 Å². The van der Waals surface area contributed by atoms with Crippen LogP contribution in [0, 0.1) is 5.92 Å². The van der Waals surface area contributed by atoms with E-state index in [0.29, 0.717) is 6.04 Å². The second-order valence-corrected chi connectivity index (χ2v) is 4.73. The summed E-state index contributed by atoms with van der Waals surface area (Å²) in [5.41, 5.74) is 0. The zero-order chi connectivity index (χ0) is 12.1. The van der Waals surface area contributed by atoms with Gasteiger partial charge in [-0.1, -0.05) is 20.3 Å². The number of ether oxygens (including phenoxy) is 1. The fourth-order valence-corrected chi connectivity index (χ4v) is 2.12. The second-order valence-electron chi connectivity index (χ2n) is 4.73. The topological polar surface area (TPSA) is 34.1 Å². The van der Waals surface area contributed by atoms with Crippen LogP contribution in [-0.4, -0.2) is 17.6 Å². The highest BCUT2D eigenvalue weighted by atomic mass is 16.5. The first kappa shape index (κ1) is 12.2. The molecule has 0 aliphatic heterocycles. The molecule has 1 N–H and O–H groups in total. The molecular weight excluding hydrogens is 212 g/mol. The number of hydrogen-bond acceptors (Lipinski definition) is 3. The van der Waals surface area contributed by atoms with Crippen molar-refractivity contribution >= 4 is 5.82 Å². The number of aromatic nitrogens is 1. The lowest BCUT2D eigenvalue weighted by atomic mass is 10.2. The molecule has 1 aliphatic rings. The van der Waals surface area contributed by atoms with E-state index in [2.05, 4.69) is 24.1 Å². The van der Waals surface area contributed by atoms with Crippen LogP contribution in [0.2, 0.25) is 0 Å². The van der Waals surface area contributed by atoms with Gasteiger partial charge < -0.3 is 10.1 Å². The van der Waals surface area contributed by atoms with Crippen LogP contribution in [0.1, 0.15) is 39.5 Å². The fraction of sp³-hybridized carbons (Fsp3) is 0.643. The van der Waals surface area contributed by atoms with Gasteiger partial charge in [0, 0.05) is 12.2 Å². The molecule has 0 radical (unpaired) electrons. The predicted molar refractivity (Wildman–Crippen MR) is 70.4 cm³/mol. The van der Waals surface area contributed by atoms with E-state index in [1.807, 2.05) is 18.3 Å². The van der Waals surface area contributed by atoms with Crippen LogP contribution in [0.4, 0.5) is 5.82 Å². The van der Waals surface area contributed by atoms with Gasteiger partial charge in [-0.15, -0.1) is 0 Å². The molecule has 0 saturated heterocycles. The quantitative estimate of drug-likeness (QED) is 0.784. The first-order chi connectivity index (χ1) is 8.35. The van der Waals surface area contributed by atoms with E-state index in [1.165, 1.54) is 19.3 Å². The maximum Gasteiger partial charge on any atom is 0.168 e. The summed E-state index contributed by atoms with van der Waals surface area (Å²) in [6.07, 6.45) is 6.70. The van der Waals surface area contributed by atoms with Crippen LogP contribution in [0.25, 0.3) is 0 Å². The molecule has 2 atom stereocenters. The van der Waals surface area contributed by atoms with E-state index in [-0.39, 0.29) is 0 Å². The normalized spacial score (nSPS) is 22.2. The smallest absolute Gasteiger partial charge is 0.168 e. The third kappa shape index (κ3) is 3.35. The standard InChI is InChI=1S/C14H22N2O/c1-3-6-11-10-12(11)16-14-13(17-9-4-2)7-5-8-15-14/h5,7-8,11-12H,3-4,6,9-10H2,1-2H3,(H,15,16).